The van der Waals surface area contributed by atoms with E-state index in [1.54, 1.807) is 0 Å². The number of aliphatic imine (C=N–C) groups is 1. The number of anilines is 1. The first-order valence-electron chi connectivity index (χ1n) is 9.18. The summed E-state index contributed by atoms with van der Waals surface area (Å²) in [6.07, 6.45) is 0.750. The zero-order chi connectivity index (χ0) is 19.3. The predicted octanol–water partition coefficient (Wildman–Crippen LogP) is 4.23. The number of nitrogens with one attached hydrogen (secondary N) is 1. The van der Waals surface area contributed by atoms with Crippen LogP contribution in [0.5, 0.6) is 5.75 Å². The molecule has 3 aromatic rings. The van der Waals surface area contributed by atoms with Crippen molar-refractivity contribution >= 4 is 23.0 Å². The van der Waals surface area contributed by atoms with Gasteiger partial charge in [0.15, 0.2) is 6.61 Å². The molecule has 5 nitrogen and oxygen atoms in total. The summed E-state index contributed by atoms with van der Waals surface area (Å²) in [5.41, 5.74) is 10.3. The maximum Gasteiger partial charge on any atom is 0.255 e. The minimum absolute atomic E-state index is 0.120. The maximum absolute atomic E-state index is 10.9. The third kappa shape index (κ3) is 4.04. The van der Waals surface area contributed by atoms with E-state index in [4.69, 9.17) is 15.5 Å². The van der Waals surface area contributed by atoms with Gasteiger partial charge in [0.2, 0.25) is 0 Å². The van der Waals surface area contributed by atoms with Crippen molar-refractivity contribution in [2.75, 3.05) is 11.9 Å². The molecule has 0 spiro atoms. The number of amides is 1. The topological polar surface area (TPSA) is 76.7 Å². The van der Waals surface area contributed by atoms with E-state index in [9.17, 15) is 4.79 Å². The van der Waals surface area contributed by atoms with Crippen molar-refractivity contribution in [2.45, 2.75) is 12.5 Å². The van der Waals surface area contributed by atoms with Gasteiger partial charge in [-0.25, -0.2) is 0 Å². The van der Waals surface area contributed by atoms with Gasteiger partial charge in [-0.3, -0.25) is 9.79 Å². The molecule has 1 aliphatic heterocycles. The molecule has 0 unspecified atom stereocenters. The van der Waals surface area contributed by atoms with Gasteiger partial charge >= 0.3 is 0 Å². The van der Waals surface area contributed by atoms with E-state index in [1.807, 2.05) is 48.5 Å². The molecule has 3 N–H and O–H groups in total. The van der Waals surface area contributed by atoms with Gasteiger partial charge < -0.3 is 15.8 Å². The molecule has 0 aromatic heterocycles. The van der Waals surface area contributed by atoms with Gasteiger partial charge in [-0.2, -0.15) is 0 Å². The summed E-state index contributed by atoms with van der Waals surface area (Å²) < 4.78 is 5.35. The number of primary amides is 1. The highest BCUT2D eigenvalue weighted by atomic mass is 16.5. The second-order valence-corrected chi connectivity index (χ2v) is 6.67. The Labute approximate surface area is 163 Å². The smallest absolute Gasteiger partial charge is 0.255 e. The lowest BCUT2D eigenvalue weighted by Gasteiger charge is -2.19. The predicted molar refractivity (Wildman–Crippen MR) is 111 cm³/mol. The van der Waals surface area contributed by atoms with E-state index in [0.29, 0.717) is 5.75 Å². The van der Waals surface area contributed by atoms with Crippen molar-refractivity contribution in [2.24, 2.45) is 10.7 Å². The van der Waals surface area contributed by atoms with Gasteiger partial charge in [-0.15, -0.1) is 0 Å². The summed E-state index contributed by atoms with van der Waals surface area (Å²) in [7, 11) is 0. The summed E-state index contributed by atoms with van der Waals surface area (Å²) in [4.78, 5) is 15.8. The Morgan fingerprint density at radius 3 is 2.46 bits per heavy atom. The number of carbonyl (C=O) groups excluding carboxylic acids is 1. The number of ether oxygens (including phenoxy) is 1. The van der Waals surface area contributed by atoms with Crippen molar-refractivity contribution in [1.82, 2.24) is 0 Å². The number of carbonyl (C=O) groups is 1. The van der Waals surface area contributed by atoms with Crippen LogP contribution in [0.2, 0.25) is 0 Å². The molecule has 0 fully saturated rings. The standard InChI is InChI=1S/C23H21N3O2/c24-23(27)15-28-18-12-10-17(11-13-18)22-14-21(16-6-2-1-3-7-16)25-19-8-4-5-9-20(19)26-22/h1-13,21,25H,14-15H2,(H2,24,27)/t21-/m0/s1. The van der Waals surface area contributed by atoms with Crippen molar-refractivity contribution in [3.8, 4) is 5.75 Å². The van der Waals surface area contributed by atoms with Crippen LogP contribution in [0, 0.1) is 0 Å². The number of nitrogens with two attached hydrogens (primary N) is 1. The first kappa shape index (κ1) is 17.8. The molecule has 140 valence electrons. The Hall–Kier alpha value is -3.60. The number of hydrogen-bond donors (Lipinski definition) is 2. The maximum atomic E-state index is 10.9. The molecule has 4 rings (SSSR count). The van der Waals surface area contributed by atoms with Crippen LogP contribution in [-0.4, -0.2) is 18.2 Å². The third-order valence-corrected chi connectivity index (χ3v) is 4.66. The molecular weight excluding hydrogens is 350 g/mol. The van der Waals surface area contributed by atoms with Crippen LogP contribution >= 0.6 is 0 Å². The minimum atomic E-state index is -0.495. The minimum Gasteiger partial charge on any atom is -0.484 e. The molecule has 1 atom stereocenters. The van der Waals surface area contributed by atoms with Crippen LogP contribution in [0.1, 0.15) is 23.6 Å². The fourth-order valence-corrected chi connectivity index (χ4v) is 3.28. The highest BCUT2D eigenvalue weighted by Crippen LogP contribution is 2.35. The summed E-state index contributed by atoms with van der Waals surface area (Å²) >= 11 is 0. The number of nitrogens with zero attached hydrogens (tertiary/aromatic N) is 1. The lowest BCUT2D eigenvalue weighted by molar-refractivity contribution is -0.119. The Morgan fingerprint density at radius 2 is 1.71 bits per heavy atom. The average molecular weight is 371 g/mol. The highest BCUT2D eigenvalue weighted by Gasteiger charge is 2.20. The van der Waals surface area contributed by atoms with Crippen molar-refractivity contribution in [1.29, 1.82) is 0 Å². The van der Waals surface area contributed by atoms with Gasteiger partial charge in [0.1, 0.15) is 5.75 Å². The quantitative estimate of drug-likeness (QED) is 0.705. The number of benzene rings is 3. The molecular formula is C23H21N3O2. The molecule has 3 aromatic carbocycles. The molecule has 1 heterocycles. The Bertz CT molecular complexity index is 998. The van der Waals surface area contributed by atoms with E-state index in [-0.39, 0.29) is 12.6 Å². The molecule has 5 heteroatoms. The van der Waals surface area contributed by atoms with Crippen LogP contribution in [0.4, 0.5) is 11.4 Å². The van der Waals surface area contributed by atoms with Gasteiger partial charge in [0, 0.05) is 6.42 Å². The second-order valence-electron chi connectivity index (χ2n) is 6.67. The fraction of sp³-hybridized carbons (Fsp3) is 0.130. The van der Waals surface area contributed by atoms with Crippen LogP contribution in [0.25, 0.3) is 0 Å². The highest BCUT2D eigenvalue weighted by molar-refractivity contribution is 6.04. The molecule has 1 amide bonds. The van der Waals surface area contributed by atoms with Crippen molar-refractivity contribution < 1.29 is 9.53 Å². The molecule has 1 aliphatic rings. The van der Waals surface area contributed by atoms with Gasteiger partial charge in [-0.05, 0) is 47.5 Å². The summed E-state index contributed by atoms with van der Waals surface area (Å²) in [6, 6.07) is 26.2. The number of hydrogen-bond acceptors (Lipinski definition) is 4. The Morgan fingerprint density at radius 1 is 1.00 bits per heavy atom. The Kier molecular flexibility index (Phi) is 5.06. The molecule has 0 saturated carbocycles. The SMILES string of the molecule is NC(=O)COc1ccc(C2=Nc3ccccc3N[C@H](c3ccccc3)C2)cc1. The monoisotopic (exact) mass is 371 g/mol. The lowest BCUT2D eigenvalue weighted by Crippen LogP contribution is -2.20. The first-order chi connectivity index (χ1) is 13.7. The van der Waals surface area contributed by atoms with Crippen LogP contribution in [-0.2, 0) is 4.79 Å². The normalized spacial score (nSPS) is 15.6. The first-order valence-corrected chi connectivity index (χ1v) is 9.18. The zero-order valence-corrected chi connectivity index (χ0v) is 15.3. The van der Waals surface area contributed by atoms with Crippen LogP contribution < -0.4 is 15.8 Å². The van der Waals surface area contributed by atoms with Crippen molar-refractivity contribution in [3.63, 3.8) is 0 Å². The third-order valence-electron chi connectivity index (χ3n) is 4.66. The van der Waals surface area contributed by atoms with Gasteiger partial charge in [-0.1, -0.05) is 42.5 Å². The average Bonchev–Trinajstić information content (AvgIpc) is 2.93. The van der Waals surface area contributed by atoms with E-state index >= 15 is 0 Å². The van der Waals surface area contributed by atoms with Crippen molar-refractivity contribution in [3.05, 3.63) is 90.0 Å². The molecule has 28 heavy (non-hydrogen) atoms. The molecule has 0 saturated heterocycles. The number of para-hydroxylation sites is 2. The summed E-state index contributed by atoms with van der Waals surface area (Å²) in [5.74, 6) is 0.112. The number of fused-ring (bicyclic) bond motifs is 1. The second kappa shape index (κ2) is 7.96. The largest absolute Gasteiger partial charge is 0.484 e. The van der Waals surface area contributed by atoms with Crippen LogP contribution in [0.3, 0.4) is 0 Å². The summed E-state index contributed by atoms with van der Waals surface area (Å²) in [5, 5.41) is 3.63. The number of rotatable bonds is 5. The molecule has 0 aliphatic carbocycles. The lowest BCUT2D eigenvalue weighted by atomic mass is 9.97. The van der Waals surface area contributed by atoms with E-state index in [1.165, 1.54) is 5.56 Å². The summed E-state index contributed by atoms with van der Waals surface area (Å²) in [6.45, 7) is -0.131. The molecule has 0 bridgehead atoms. The van der Waals surface area contributed by atoms with Gasteiger partial charge in [0.25, 0.3) is 5.91 Å². The fourth-order valence-electron chi connectivity index (χ4n) is 3.28. The van der Waals surface area contributed by atoms with E-state index in [2.05, 4.69) is 35.6 Å². The van der Waals surface area contributed by atoms with E-state index in [0.717, 1.165) is 29.1 Å². The van der Waals surface area contributed by atoms with Gasteiger partial charge in [0.05, 0.1) is 23.1 Å². The zero-order valence-electron chi connectivity index (χ0n) is 15.3. The van der Waals surface area contributed by atoms with E-state index < -0.39 is 5.91 Å². The van der Waals surface area contributed by atoms with Crippen LogP contribution in [0.15, 0.2) is 83.9 Å². The Balaban J connectivity index is 1.66. The molecule has 0 radical (unpaired) electrons.